The molecule has 1 nitrogen and oxygen atoms in total. The summed E-state index contributed by atoms with van der Waals surface area (Å²) >= 11 is 0. The van der Waals surface area contributed by atoms with E-state index in [1.165, 1.54) is 16.7 Å². The maximum atomic E-state index is 6.13. The lowest BCUT2D eigenvalue weighted by atomic mass is 9.89. The minimum absolute atomic E-state index is 0.0306. The lowest BCUT2D eigenvalue weighted by molar-refractivity contribution is 0.0182. The molecule has 16 heavy (non-hydrogen) atoms. The van der Waals surface area contributed by atoms with Crippen molar-refractivity contribution in [3.63, 3.8) is 0 Å². The van der Waals surface area contributed by atoms with Crippen molar-refractivity contribution in [2.45, 2.75) is 60.0 Å². The first-order chi connectivity index (χ1) is 7.41. The van der Waals surface area contributed by atoms with Gasteiger partial charge < -0.3 is 4.74 Å². The zero-order chi connectivity index (χ0) is 12.3. The summed E-state index contributed by atoms with van der Waals surface area (Å²) in [5.74, 6) is 1.09. The van der Waals surface area contributed by atoms with Crippen LogP contribution < -0.4 is 0 Å². The molecule has 1 heterocycles. The normalized spacial score (nSPS) is 22.1. The summed E-state index contributed by atoms with van der Waals surface area (Å²) in [6, 6.07) is 0. The van der Waals surface area contributed by atoms with E-state index in [0.29, 0.717) is 0 Å². The number of hydrogen-bond donors (Lipinski definition) is 0. The number of ether oxygens (including phenoxy) is 1. The number of allylic oxidation sites excluding steroid dienone is 5. The third kappa shape index (κ3) is 2.78. The van der Waals surface area contributed by atoms with Crippen LogP contribution in [0.3, 0.4) is 0 Å². The van der Waals surface area contributed by atoms with Gasteiger partial charge in [-0.25, -0.2) is 0 Å². The monoisotopic (exact) mass is 220 g/mol. The molecule has 90 valence electrons. The van der Waals surface area contributed by atoms with Crippen LogP contribution in [0.5, 0.6) is 0 Å². The highest BCUT2D eigenvalue weighted by molar-refractivity contribution is 5.41. The standard InChI is InChI=1S/C15H24O/c1-7-11(3)13-9-10-15(5,6)16-14(13)12(4)8-2/h7-8H,9-10H2,1-6H3/b11-7-,12-8+. The molecule has 0 fully saturated rings. The molecule has 0 spiro atoms. The summed E-state index contributed by atoms with van der Waals surface area (Å²) in [6.45, 7) is 12.8. The Morgan fingerprint density at radius 3 is 2.19 bits per heavy atom. The Morgan fingerprint density at radius 1 is 1.12 bits per heavy atom. The van der Waals surface area contributed by atoms with Gasteiger partial charge in [0, 0.05) is 0 Å². The van der Waals surface area contributed by atoms with E-state index in [4.69, 9.17) is 4.74 Å². The van der Waals surface area contributed by atoms with Crippen LogP contribution in [-0.4, -0.2) is 5.60 Å². The van der Waals surface area contributed by atoms with E-state index in [1.54, 1.807) is 0 Å². The van der Waals surface area contributed by atoms with Gasteiger partial charge in [-0.3, -0.25) is 0 Å². The van der Waals surface area contributed by atoms with E-state index in [0.717, 1.165) is 18.6 Å². The van der Waals surface area contributed by atoms with Crippen molar-refractivity contribution in [2.24, 2.45) is 0 Å². The van der Waals surface area contributed by atoms with Crippen molar-refractivity contribution in [3.05, 3.63) is 34.6 Å². The van der Waals surface area contributed by atoms with Crippen molar-refractivity contribution in [3.8, 4) is 0 Å². The molecule has 1 aliphatic rings. The maximum absolute atomic E-state index is 6.13. The van der Waals surface area contributed by atoms with Crippen molar-refractivity contribution in [1.29, 1.82) is 0 Å². The molecule has 1 rings (SSSR count). The van der Waals surface area contributed by atoms with Crippen LogP contribution in [0, 0.1) is 0 Å². The van der Waals surface area contributed by atoms with Crippen LogP contribution in [0.4, 0.5) is 0 Å². The summed E-state index contributed by atoms with van der Waals surface area (Å²) in [7, 11) is 0. The van der Waals surface area contributed by atoms with E-state index in [9.17, 15) is 0 Å². The van der Waals surface area contributed by atoms with Gasteiger partial charge in [0.2, 0.25) is 0 Å². The average Bonchev–Trinajstić information content (AvgIpc) is 2.25. The van der Waals surface area contributed by atoms with E-state index >= 15 is 0 Å². The highest BCUT2D eigenvalue weighted by Crippen LogP contribution is 2.37. The Kier molecular flexibility index (Phi) is 4.01. The van der Waals surface area contributed by atoms with Crippen LogP contribution in [0.2, 0.25) is 0 Å². The highest BCUT2D eigenvalue weighted by Gasteiger charge is 2.29. The summed E-state index contributed by atoms with van der Waals surface area (Å²) in [6.07, 6.45) is 6.50. The third-order valence-electron chi connectivity index (χ3n) is 3.33. The lowest BCUT2D eigenvalue weighted by Crippen LogP contribution is -2.29. The van der Waals surface area contributed by atoms with Gasteiger partial charge in [0.05, 0.1) is 0 Å². The number of rotatable bonds is 2. The molecule has 1 aliphatic heterocycles. The van der Waals surface area contributed by atoms with Gasteiger partial charge in [-0.2, -0.15) is 0 Å². The first-order valence-electron chi connectivity index (χ1n) is 6.10. The molecular formula is C15H24O. The summed E-state index contributed by atoms with van der Waals surface area (Å²) < 4.78 is 6.13. The molecule has 0 unspecified atom stereocenters. The molecule has 0 saturated heterocycles. The van der Waals surface area contributed by atoms with Crippen molar-refractivity contribution in [1.82, 2.24) is 0 Å². The maximum Gasteiger partial charge on any atom is 0.126 e. The summed E-state index contributed by atoms with van der Waals surface area (Å²) in [5, 5.41) is 0. The molecule has 0 amide bonds. The predicted octanol–water partition coefficient (Wildman–Crippen LogP) is 4.76. The fourth-order valence-electron chi connectivity index (χ4n) is 1.93. The van der Waals surface area contributed by atoms with E-state index in [2.05, 4.69) is 53.7 Å². The molecule has 0 radical (unpaired) electrons. The van der Waals surface area contributed by atoms with Crippen LogP contribution in [-0.2, 0) is 4.74 Å². The second kappa shape index (κ2) is 4.90. The Balaban J connectivity index is 3.20. The zero-order valence-corrected chi connectivity index (χ0v) is 11.5. The molecule has 0 saturated carbocycles. The predicted molar refractivity (Wildman–Crippen MR) is 70.3 cm³/mol. The minimum Gasteiger partial charge on any atom is -0.487 e. The Morgan fingerprint density at radius 2 is 1.69 bits per heavy atom. The number of hydrogen-bond acceptors (Lipinski definition) is 1. The van der Waals surface area contributed by atoms with Crippen LogP contribution in [0.15, 0.2) is 34.6 Å². The quantitative estimate of drug-likeness (QED) is 0.652. The van der Waals surface area contributed by atoms with E-state index in [-0.39, 0.29) is 5.60 Å². The molecule has 0 aromatic carbocycles. The van der Waals surface area contributed by atoms with E-state index in [1.807, 2.05) is 0 Å². The van der Waals surface area contributed by atoms with Crippen molar-refractivity contribution in [2.75, 3.05) is 0 Å². The van der Waals surface area contributed by atoms with Crippen LogP contribution in [0.25, 0.3) is 0 Å². The first-order valence-corrected chi connectivity index (χ1v) is 6.10. The fourth-order valence-corrected chi connectivity index (χ4v) is 1.93. The van der Waals surface area contributed by atoms with Gasteiger partial charge in [-0.05, 0) is 71.1 Å². The molecule has 1 heteroatoms. The molecular weight excluding hydrogens is 196 g/mol. The third-order valence-corrected chi connectivity index (χ3v) is 3.33. The van der Waals surface area contributed by atoms with Gasteiger partial charge in [0.1, 0.15) is 11.4 Å². The smallest absolute Gasteiger partial charge is 0.126 e. The highest BCUT2D eigenvalue weighted by atomic mass is 16.5. The van der Waals surface area contributed by atoms with Crippen molar-refractivity contribution < 1.29 is 4.74 Å². The van der Waals surface area contributed by atoms with Gasteiger partial charge in [-0.1, -0.05) is 12.2 Å². The van der Waals surface area contributed by atoms with Gasteiger partial charge in [0.25, 0.3) is 0 Å². The zero-order valence-electron chi connectivity index (χ0n) is 11.5. The largest absolute Gasteiger partial charge is 0.487 e. The van der Waals surface area contributed by atoms with Gasteiger partial charge in [0.15, 0.2) is 0 Å². The molecule has 0 bridgehead atoms. The summed E-state index contributed by atoms with van der Waals surface area (Å²) in [5.41, 5.74) is 3.92. The topological polar surface area (TPSA) is 9.23 Å². The summed E-state index contributed by atoms with van der Waals surface area (Å²) in [4.78, 5) is 0. The second-order valence-corrected chi connectivity index (χ2v) is 5.11. The van der Waals surface area contributed by atoms with Gasteiger partial charge in [-0.15, -0.1) is 0 Å². The Hall–Kier alpha value is -0.980. The molecule has 0 atom stereocenters. The lowest BCUT2D eigenvalue weighted by Gasteiger charge is -2.35. The van der Waals surface area contributed by atoms with Crippen LogP contribution >= 0.6 is 0 Å². The second-order valence-electron chi connectivity index (χ2n) is 5.11. The average molecular weight is 220 g/mol. The molecule has 0 aromatic rings. The fraction of sp³-hybridized carbons (Fsp3) is 0.600. The van der Waals surface area contributed by atoms with Crippen LogP contribution in [0.1, 0.15) is 54.4 Å². The van der Waals surface area contributed by atoms with Crippen molar-refractivity contribution >= 4 is 0 Å². The minimum atomic E-state index is -0.0306. The SMILES string of the molecule is C/C=C(/C)C1=C(/C(C)=C/C)OC(C)(C)CC1. The first kappa shape index (κ1) is 13.1. The van der Waals surface area contributed by atoms with Gasteiger partial charge >= 0.3 is 0 Å². The molecule has 0 aliphatic carbocycles. The molecule has 0 aromatic heterocycles. The Bertz CT molecular complexity index is 354. The Labute approximate surface area is 99.9 Å². The van der Waals surface area contributed by atoms with E-state index < -0.39 is 0 Å². The molecule has 0 N–H and O–H groups in total.